The van der Waals surface area contributed by atoms with Gasteiger partial charge in [0.25, 0.3) is 11.8 Å². The Balaban J connectivity index is 1.55. The number of furan rings is 1. The van der Waals surface area contributed by atoms with Crippen molar-refractivity contribution in [1.82, 2.24) is 0 Å². The molecule has 0 atom stereocenters. The lowest BCUT2D eigenvalue weighted by molar-refractivity contribution is 0.0962. The molecule has 3 aromatic rings. The van der Waals surface area contributed by atoms with Gasteiger partial charge in [0.15, 0.2) is 5.76 Å². The first-order valence-electron chi connectivity index (χ1n) is 8.90. The Morgan fingerprint density at radius 1 is 1.07 bits per heavy atom. The molecular formula is C22H20N2O3. The van der Waals surface area contributed by atoms with E-state index in [1.54, 1.807) is 17.0 Å². The molecule has 0 fully saturated rings. The van der Waals surface area contributed by atoms with Crippen molar-refractivity contribution in [2.24, 2.45) is 0 Å². The predicted octanol–water partition coefficient (Wildman–Crippen LogP) is 4.35. The number of aryl methyl sites for hydroxylation is 2. The third-order valence-corrected chi connectivity index (χ3v) is 4.85. The van der Waals surface area contributed by atoms with E-state index in [1.165, 1.54) is 6.26 Å². The van der Waals surface area contributed by atoms with Gasteiger partial charge in [0.05, 0.1) is 6.26 Å². The molecule has 1 aliphatic rings. The summed E-state index contributed by atoms with van der Waals surface area (Å²) in [6, 6.07) is 14.8. The zero-order valence-electron chi connectivity index (χ0n) is 15.3. The predicted molar refractivity (Wildman–Crippen MR) is 104 cm³/mol. The second kappa shape index (κ2) is 6.76. The van der Waals surface area contributed by atoms with Crippen LogP contribution in [0.25, 0.3) is 0 Å². The number of rotatable bonds is 3. The Labute approximate surface area is 157 Å². The molecule has 2 aromatic carbocycles. The molecule has 0 unspecified atom stereocenters. The molecule has 4 rings (SSSR count). The van der Waals surface area contributed by atoms with Gasteiger partial charge < -0.3 is 14.6 Å². The van der Waals surface area contributed by atoms with Gasteiger partial charge in [-0.25, -0.2) is 0 Å². The number of fused-ring (bicyclic) bond motifs is 1. The molecule has 136 valence electrons. The van der Waals surface area contributed by atoms with Crippen molar-refractivity contribution in [2.45, 2.75) is 20.3 Å². The summed E-state index contributed by atoms with van der Waals surface area (Å²) in [5.74, 6) is 0.0544. The Kier molecular flexibility index (Phi) is 4.28. The second-order valence-electron chi connectivity index (χ2n) is 6.80. The number of anilines is 2. The third-order valence-electron chi connectivity index (χ3n) is 4.85. The minimum atomic E-state index is -0.147. The maximum atomic E-state index is 12.6. The monoisotopic (exact) mass is 360 g/mol. The highest BCUT2D eigenvalue weighted by Gasteiger charge is 2.27. The topological polar surface area (TPSA) is 62.6 Å². The molecule has 1 aromatic heterocycles. The highest BCUT2D eigenvalue weighted by atomic mass is 16.3. The van der Waals surface area contributed by atoms with Crippen molar-refractivity contribution in [1.29, 1.82) is 0 Å². The van der Waals surface area contributed by atoms with Crippen molar-refractivity contribution >= 4 is 23.2 Å². The average Bonchev–Trinajstić information content (AvgIpc) is 3.32. The fourth-order valence-corrected chi connectivity index (χ4v) is 3.40. The van der Waals surface area contributed by atoms with Crippen LogP contribution < -0.4 is 10.2 Å². The third kappa shape index (κ3) is 3.24. The highest BCUT2D eigenvalue weighted by molar-refractivity contribution is 6.07. The fourth-order valence-electron chi connectivity index (χ4n) is 3.40. The van der Waals surface area contributed by atoms with E-state index in [1.807, 2.05) is 50.2 Å². The summed E-state index contributed by atoms with van der Waals surface area (Å²) < 4.78 is 5.22. The van der Waals surface area contributed by atoms with Crippen molar-refractivity contribution in [3.63, 3.8) is 0 Å². The van der Waals surface area contributed by atoms with Gasteiger partial charge in [0, 0.05) is 23.5 Å². The van der Waals surface area contributed by atoms with E-state index in [0.29, 0.717) is 17.9 Å². The number of carbonyl (C=O) groups excluding carboxylic acids is 2. The molecule has 0 spiro atoms. The standard InChI is InChI=1S/C22H20N2O3/c1-14-5-6-15(2)18(12-14)21(25)23-17-7-8-19-16(13-17)9-10-24(19)22(26)20-4-3-11-27-20/h3-8,11-13H,9-10H2,1-2H3,(H,23,25). The first-order valence-corrected chi connectivity index (χ1v) is 8.90. The van der Waals surface area contributed by atoms with Crippen LogP contribution in [0.1, 0.15) is 37.6 Å². The smallest absolute Gasteiger partial charge is 0.293 e. The Morgan fingerprint density at radius 2 is 1.93 bits per heavy atom. The minimum Gasteiger partial charge on any atom is -0.459 e. The molecule has 2 heterocycles. The molecule has 0 aliphatic carbocycles. The Hall–Kier alpha value is -3.34. The van der Waals surface area contributed by atoms with E-state index in [-0.39, 0.29) is 11.8 Å². The summed E-state index contributed by atoms with van der Waals surface area (Å²) >= 11 is 0. The van der Waals surface area contributed by atoms with Crippen LogP contribution in [0.15, 0.2) is 59.2 Å². The number of carbonyl (C=O) groups is 2. The van der Waals surface area contributed by atoms with Gasteiger partial charge >= 0.3 is 0 Å². The number of nitrogens with zero attached hydrogens (tertiary/aromatic N) is 1. The lowest BCUT2D eigenvalue weighted by atomic mass is 10.0. The Bertz CT molecular complexity index is 1020. The quantitative estimate of drug-likeness (QED) is 0.755. The Morgan fingerprint density at radius 3 is 2.70 bits per heavy atom. The van der Waals surface area contributed by atoms with Crippen molar-refractivity contribution in [2.75, 3.05) is 16.8 Å². The van der Waals surface area contributed by atoms with E-state index < -0.39 is 0 Å². The molecular weight excluding hydrogens is 340 g/mol. The zero-order chi connectivity index (χ0) is 19.0. The van der Waals surface area contributed by atoms with Crippen LogP contribution in [0.3, 0.4) is 0 Å². The van der Waals surface area contributed by atoms with E-state index in [0.717, 1.165) is 34.5 Å². The van der Waals surface area contributed by atoms with Crippen LogP contribution in [0, 0.1) is 13.8 Å². The number of benzene rings is 2. The largest absolute Gasteiger partial charge is 0.459 e. The van der Waals surface area contributed by atoms with E-state index >= 15 is 0 Å². The minimum absolute atomic E-state index is 0.127. The molecule has 5 heteroatoms. The van der Waals surface area contributed by atoms with Crippen LogP contribution in [-0.4, -0.2) is 18.4 Å². The number of hydrogen-bond donors (Lipinski definition) is 1. The summed E-state index contributed by atoms with van der Waals surface area (Å²) in [4.78, 5) is 26.9. The average molecular weight is 360 g/mol. The molecule has 0 radical (unpaired) electrons. The van der Waals surface area contributed by atoms with E-state index in [4.69, 9.17) is 4.42 Å². The van der Waals surface area contributed by atoms with Gasteiger partial charge in [-0.2, -0.15) is 0 Å². The van der Waals surface area contributed by atoms with Crippen LogP contribution >= 0.6 is 0 Å². The molecule has 0 bridgehead atoms. The molecule has 5 nitrogen and oxygen atoms in total. The molecule has 1 N–H and O–H groups in total. The van der Waals surface area contributed by atoms with Crippen LogP contribution in [0.5, 0.6) is 0 Å². The van der Waals surface area contributed by atoms with Crippen molar-refractivity contribution in [3.05, 3.63) is 82.8 Å². The lowest BCUT2D eigenvalue weighted by Gasteiger charge is -2.16. The molecule has 1 aliphatic heterocycles. The first kappa shape index (κ1) is 17.1. The summed E-state index contributed by atoms with van der Waals surface area (Å²) in [6.07, 6.45) is 2.24. The van der Waals surface area contributed by atoms with Crippen molar-refractivity contribution < 1.29 is 14.0 Å². The number of amides is 2. The van der Waals surface area contributed by atoms with Crippen LogP contribution in [0.4, 0.5) is 11.4 Å². The highest BCUT2D eigenvalue weighted by Crippen LogP contribution is 2.32. The first-order chi connectivity index (χ1) is 13.0. The second-order valence-corrected chi connectivity index (χ2v) is 6.80. The number of hydrogen-bond acceptors (Lipinski definition) is 3. The van der Waals surface area contributed by atoms with Gasteiger partial charge in [-0.05, 0) is 67.8 Å². The van der Waals surface area contributed by atoms with Crippen LogP contribution in [0.2, 0.25) is 0 Å². The van der Waals surface area contributed by atoms with Crippen molar-refractivity contribution in [3.8, 4) is 0 Å². The van der Waals surface area contributed by atoms with Gasteiger partial charge in [0.2, 0.25) is 0 Å². The summed E-state index contributed by atoms with van der Waals surface area (Å²) in [5.41, 5.74) is 5.29. The fraction of sp³-hybridized carbons (Fsp3) is 0.182. The molecule has 27 heavy (non-hydrogen) atoms. The van der Waals surface area contributed by atoms with Gasteiger partial charge in [-0.1, -0.05) is 17.7 Å². The summed E-state index contributed by atoms with van der Waals surface area (Å²) in [5, 5.41) is 2.97. The maximum Gasteiger partial charge on any atom is 0.293 e. The van der Waals surface area contributed by atoms with Gasteiger partial charge in [0.1, 0.15) is 0 Å². The van der Waals surface area contributed by atoms with E-state index in [2.05, 4.69) is 5.32 Å². The molecule has 2 amide bonds. The van der Waals surface area contributed by atoms with Crippen LogP contribution in [-0.2, 0) is 6.42 Å². The SMILES string of the molecule is Cc1ccc(C)c(C(=O)Nc2ccc3c(c2)CCN3C(=O)c2ccco2)c1. The molecule has 0 saturated heterocycles. The molecule has 0 saturated carbocycles. The zero-order valence-corrected chi connectivity index (χ0v) is 15.3. The van der Waals surface area contributed by atoms with Gasteiger partial charge in [-0.3, -0.25) is 9.59 Å². The summed E-state index contributed by atoms with van der Waals surface area (Å²) in [6.45, 7) is 4.49. The normalized spacial score (nSPS) is 12.7. The number of nitrogens with one attached hydrogen (secondary N) is 1. The van der Waals surface area contributed by atoms with Gasteiger partial charge in [-0.15, -0.1) is 0 Å². The lowest BCUT2D eigenvalue weighted by Crippen LogP contribution is -2.28. The summed E-state index contributed by atoms with van der Waals surface area (Å²) in [7, 11) is 0. The van der Waals surface area contributed by atoms with E-state index in [9.17, 15) is 9.59 Å². The maximum absolute atomic E-state index is 12.6.